The number of alkyl carbamates (subject to hydrolysis) is 1. The van der Waals surface area contributed by atoms with Crippen molar-refractivity contribution in [3.8, 4) is 0 Å². The first-order valence-corrected chi connectivity index (χ1v) is 17.3. The number of Topliss-reactive ketones (excluding diaryl/α,β-unsaturated/α-hetero) is 1. The zero-order valence-electron chi connectivity index (χ0n) is 30.6. The standard InChI is InChI=1S/C34H62N4O9/c1-13-25-34(9)28(37-32(42)47-34)22(7)36-16-19(4)15-33(8,43-12)29(20(5)26(39)21(6)30(41)45-25)46-31-27(40)24(38(10)11)14-23(44-31)17-35-18(2)3/h18-25,27-29,31,35-36,40H,13-17H2,1-12H3,(H,37,42)/t19-,20+,21?,22-,23?,24?,25-,27?,28-,29-,31?,33-,34-/m1/s1. The summed E-state index contributed by atoms with van der Waals surface area (Å²) in [6.07, 6.45) is -3.10. The van der Waals surface area contributed by atoms with Crippen molar-refractivity contribution in [1.82, 2.24) is 20.9 Å². The van der Waals surface area contributed by atoms with Crippen LogP contribution in [0.5, 0.6) is 0 Å². The van der Waals surface area contributed by atoms with Crippen LogP contribution in [0.25, 0.3) is 0 Å². The molecule has 3 aliphatic rings. The minimum absolute atomic E-state index is 0.0252. The van der Waals surface area contributed by atoms with E-state index in [0.717, 1.165) is 0 Å². The summed E-state index contributed by atoms with van der Waals surface area (Å²) in [6, 6.07) is -0.733. The molecule has 0 spiro atoms. The maximum Gasteiger partial charge on any atom is 0.408 e. The fraction of sp³-hybridized carbons (Fsp3) is 0.912. The first-order chi connectivity index (χ1) is 21.9. The maximum atomic E-state index is 14.2. The number of rotatable bonds is 8. The van der Waals surface area contributed by atoms with Crippen LogP contribution in [0.3, 0.4) is 0 Å². The number of carbonyl (C=O) groups is 3. The van der Waals surface area contributed by atoms with Crippen LogP contribution < -0.4 is 16.0 Å². The highest BCUT2D eigenvalue weighted by atomic mass is 16.7. The van der Waals surface area contributed by atoms with Crippen molar-refractivity contribution in [2.75, 3.05) is 34.3 Å². The largest absolute Gasteiger partial charge is 0.458 e. The molecule has 0 aromatic carbocycles. The summed E-state index contributed by atoms with van der Waals surface area (Å²) in [7, 11) is 5.41. The molecule has 3 fully saturated rings. The van der Waals surface area contributed by atoms with Gasteiger partial charge in [0.15, 0.2) is 17.7 Å². The highest BCUT2D eigenvalue weighted by Crippen LogP contribution is 2.37. The summed E-state index contributed by atoms with van der Waals surface area (Å²) in [5, 5.41) is 21.4. The van der Waals surface area contributed by atoms with E-state index in [2.05, 4.69) is 36.7 Å². The molecule has 0 aromatic rings. The van der Waals surface area contributed by atoms with Crippen LogP contribution in [-0.2, 0) is 33.3 Å². The molecule has 0 bridgehead atoms. The first kappa shape index (κ1) is 39.6. The highest BCUT2D eigenvalue weighted by Gasteiger charge is 2.55. The van der Waals surface area contributed by atoms with Gasteiger partial charge >= 0.3 is 12.1 Å². The number of aliphatic hydroxyl groups excluding tert-OH is 1. The summed E-state index contributed by atoms with van der Waals surface area (Å²) in [5.74, 6) is -3.06. The lowest BCUT2D eigenvalue weighted by atomic mass is 9.78. The van der Waals surface area contributed by atoms with Gasteiger partial charge in [-0.2, -0.15) is 0 Å². The Kier molecular flexibility index (Phi) is 13.7. The van der Waals surface area contributed by atoms with Crippen molar-refractivity contribution < 1.29 is 43.2 Å². The number of nitrogens with zero attached hydrogens (tertiary/aromatic N) is 1. The number of amides is 1. The number of fused-ring (bicyclic) bond motifs is 1. The van der Waals surface area contributed by atoms with Gasteiger partial charge in [0, 0.05) is 37.7 Å². The van der Waals surface area contributed by atoms with Gasteiger partial charge in [0.05, 0.1) is 23.9 Å². The van der Waals surface area contributed by atoms with Crippen molar-refractivity contribution in [3.63, 3.8) is 0 Å². The number of cyclic esters (lactones) is 1. The molecular formula is C34H62N4O9. The van der Waals surface area contributed by atoms with Gasteiger partial charge in [0.1, 0.15) is 18.1 Å². The molecule has 3 aliphatic heterocycles. The van der Waals surface area contributed by atoms with Gasteiger partial charge in [-0.1, -0.05) is 34.6 Å². The Morgan fingerprint density at radius 3 is 2.36 bits per heavy atom. The molecule has 0 aliphatic carbocycles. The third-order valence-corrected chi connectivity index (χ3v) is 10.5. The number of likely N-dealkylation sites (N-methyl/N-ethyl adjacent to an activating group) is 1. The summed E-state index contributed by atoms with van der Waals surface area (Å²) in [6.45, 7) is 18.0. The van der Waals surface area contributed by atoms with E-state index in [0.29, 0.717) is 32.4 Å². The molecule has 13 nitrogen and oxygen atoms in total. The summed E-state index contributed by atoms with van der Waals surface area (Å²) < 4.78 is 31.0. The summed E-state index contributed by atoms with van der Waals surface area (Å²) in [4.78, 5) is 42.2. The molecule has 13 heteroatoms. The third-order valence-electron chi connectivity index (χ3n) is 10.5. The highest BCUT2D eigenvalue weighted by molar-refractivity contribution is 6.00. The summed E-state index contributed by atoms with van der Waals surface area (Å²) >= 11 is 0. The van der Waals surface area contributed by atoms with E-state index in [-0.39, 0.29) is 35.9 Å². The van der Waals surface area contributed by atoms with Crippen LogP contribution in [0.15, 0.2) is 0 Å². The second kappa shape index (κ2) is 16.2. The van der Waals surface area contributed by atoms with Crippen LogP contribution in [0.1, 0.15) is 81.6 Å². The van der Waals surface area contributed by atoms with Crippen LogP contribution in [0, 0.1) is 17.8 Å². The number of esters is 1. The quantitative estimate of drug-likeness (QED) is 0.221. The van der Waals surface area contributed by atoms with E-state index >= 15 is 0 Å². The Morgan fingerprint density at radius 2 is 1.79 bits per heavy atom. The SMILES string of the molecule is CC[C@H]1OC(=O)C(C)C(=O)[C@H](C)[C@@H](OC2OC(CNC(C)C)CC(N(C)C)C2O)[C@](C)(OC)C[C@@H](C)CN[C@H](C)[C@H]2NC(=O)O[C@@]21C. The van der Waals surface area contributed by atoms with E-state index in [1.54, 1.807) is 21.0 Å². The van der Waals surface area contributed by atoms with Crippen molar-refractivity contribution in [3.05, 3.63) is 0 Å². The molecule has 0 radical (unpaired) electrons. The molecule has 4 N–H and O–H groups in total. The van der Waals surface area contributed by atoms with Gasteiger partial charge in [-0.25, -0.2) is 4.79 Å². The number of ether oxygens (including phenoxy) is 5. The Morgan fingerprint density at radius 1 is 1.13 bits per heavy atom. The van der Waals surface area contributed by atoms with Gasteiger partial charge in [0.2, 0.25) is 0 Å². The molecule has 3 heterocycles. The van der Waals surface area contributed by atoms with Crippen molar-refractivity contribution in [1.29, 1.82) is 0 Å². The fourth-order valence-corrected chi connectivity index (χ4v) is 7.52. The normalized spacial score (nSPS) is 42.7. The molecule has 5 unspecified atom stereocenters. The van der Waals surface area contributed by atoms with Gasteiger partial charge in [-0.3, -0.25) is 9.59 Å². The number of carbonyl (C=O) groups excluding carboxylic acids is 3. The molecule has 0 saturated carbocycles. The second-order valence-corrected chi connectivity index (χ2v) is 15.0. The van der Waals surface area contributed by atoms with Crippen LogP contribution >= 0.6 is 0 Å². The average Bonchev–Trinajstić information content (AvgIpc) is 3.33. The number of ketones is 1. The number of hydrogen-bond acceptors (Lipinski definition) is 12. The van der Waals surface area contributed by atoms with Crippen LogP contribution in [0.2, 0.25) is 0 Å². The minimum Gasteiger partial charge on any atom is -0.458 e. The van der Waals surface area contributed by atoms with E-state index in [1.165, 1.54) is 6.92 Å². The number of hydrogen-bond donors (Lipinski definition) is 4. The third kappa shape index (κ3) is 9.03. The van der Waals surface area contributed by atoms with Crippen LogP contribution in [0.4, 0.5) is 4.79 Å². The molecule has 3 saturated heterocycles. The van der Waals surface area contributed by atoms with Crippen molar-refractivity contribution in [2.45, 2.75) is 148 Å². The van der Waals surface area contributed by atoms with Crippen LogP contribution in [-0.4, -0.2) is 128 Å². The number of nitrogens with one attached hydrogen (secondary N) is 3. The predicted molar refractivity (Wildman–Crippen MR) is 177 cm³/mol. The fourth-order valence-electron chi connectivity index (χ4n) is 7.52. The number of aliphatic hydroxyl groups is 1. The lowest BCUT2D eigenvalue weighted by Crippen LogP contribution is -2.60. The predicted octanol–water partition coefficient (Wildman–Crippen LogP) is 2.23. The maximum absolute atomic E-state index is 14.2. The van der Waals surface area contributed by atoms with Gasteiger partial charge in [-0.05, 0) is 73.5 Å². The molecule has 1 amide bonds. The minimum atomic E-state index is -1.16. The molecule has 272 valence electrons. The second-order valence-electron chi connectivity index (χ2n) is 15.0. The van der Waals surface area contributed by atoms with Crippen molar-refractivity contribution >= 4 is 17.8 Å². The monoisotopic (exact) mass is 670 g/mol. The Bertz CT molecular complexity index is 1080. The number of methoxy groups -OCH3 is 1. The van der Waals surface area contributed by atoms with Gasteiger partial charge in [-0.15, -0.1) is 0 Å². The zero-order chi connectivity index (χ0) is 35.4. The lowest BCUT2D eigenvalue weighted by Gasteiger charge is -2.47. The van der Waals surface area contributed by atoms with E-state index in [4.69, 9.17) is 23.7 Å². The smallest absolute Gasteiger partial charge is 0.408 e. The Hall–Kier alpha value is -1.87. The zero-order valence-corrected chi connectivity index (χ0v) is 30.6. The van der Waals surface area contributed by atoms with Gasteiger partial charge < -0.3 is 49.6 Å². The van der Waals surface area contributed by atoms with E-state index < -0.39 is 65.7 Å². The molecular weight excluding hydrogens is 608 g/mol. The molecule has 47 heavy (non-hydrogen) atoms. The van der Waals surface area contributed by atoms with E-state index in [9.17, 15) is 19.5 Å². The topological polar surface area (TPSA) is 157 Å². The van der Waals surface area contributed by atoms with Crippen molar-refractivity contribution in [2.24, 2.45) is 17.8 Å². The average molecular weight is 671 g/mol. The summed E-state index contributed by atoms with van der Waals surface area (Å²) in [5.41, 5.74) is -2.18. The van der Waals surface area contributed by atoms with Gasteiger partial charge in [0.25, 0.3) is 0 Å². The molecule has 3 rings (SSSR count). The van der Waals surface area contributed by atoms with E-state index in [1.807, 2.05) is 39.8 Å². The lowest BCUT2D eigenvalue weighted by molar-refractivity contribution is -0.297. The first-order valence-electron chi connectivity index (χ1n) is 17.3. The Balaban J connectivity index is 2.02. The molecule has 0 aromatic heterocycles. The Labute approximate surface area is 281 Å². The molecule has 13 atom stereocenters.